The number of rotatable bonds is 8. The van der Waals surface area contributed by atoms with Crippen LogP contribution in [0.4, 0.5) is 0 Å². The van der Waals surface area contributed by atoms with Crippen LogP contribution in [0.3, 0.4) is 0 Å². The van der Waals surface area contributed by atoms with Crippen molar-refractivity contribution in [1.29, 1.82) is 0 Å². The molecule has 0 unspecified atom stereocenters. The monoisotopic (exact) mass is 294 g/mol. The highest BCUT2D eigenvalue weighted by Crippen LogP contribution is 2.03. The van der Waals surface area contributed by atoms with Crippen molar-refractivity contribution in [2.75, 3.05) is 0 Å². The van der Waals surface area contributed by atoms with Gasteiger partial charge in [-0.1, -0.05) is 103 Å². The molecule has 0 aliphatic carbocycles. The van der Waals surface area contributed by atoms with Gasteiger partial charge in [0.1, 0.15) is 8.80 Å². The largest absolute Gasteiger partial charge is 0.106 e. The average Bonchev–Trinajstić information content (AvgIpc) is 2.56. The molecule has 0 saturated carbocycles. The molecule has 0 fully saturated rings. The van der Waals surface area contributed by atoms with E-state index >= 15 is 0 Å². The quantitative estimate of drug-likeness (QED) is 0.389. The maximum Gasteiger partial charge on any atom is 0.106 e. The lowest BCUT2D eigenvalue weighted by Crippen LogP contribution is -2.41. The van der Waals surface area contributed by atoms with E-state index in [0.717, 1.165) is 0 Å². The zero-order valence-electron chi connectivity index (χ0n) is 13.0. The van der Waals surface area contributed by atoms with Gasteiger partial charge in [0.05, 0.1) is 0 Å². The normalized spacial score (nSPS) is 11.3. The third kappa shape index (κ3) is 5.35. The molecule has 110 valence electrons. The van der Waals surface area contributed by atoms with Crippen LogP contribution in [0.5, 0.6) is 0 Å². The van der Waals surface area contributed by atoms with Crippen LogP contribution in [0.25, 0.3) is 0 Å². The fraction of sp³-hybridized carbons (Fsp3) is 0.300. The molecule has 2 aromatic rings. The number of benzene rings is 2. The van der Waals surface area contributed by atoms with Crippen LogP contribution in [0.15, 0.2) is 72.8 Å². The first-order valence-corrected chi connectivity index (χ1v) is 10.1. The highest BCUT2D eigenvalue weighted by Gasteiger charge is 2.13. The molecular formula is C20H26Si. The van der Waals surface area contributed by atoms with Crippen LogP contribution in [0, 0.1) is 0 Å². The van der Waals surface area contributed by atoms with E-state index in [0.29, 0.717) is 0 Å². The van der Waals surface area contributed by atoms with Crippen LogP contribution in [0.1, 0.15) is 32.6 Å². The molecule has 0 heterocycles. The predicted molar refractivity (Wildman–Crippen MR) is 97.4 cm³/mol. The maximum atomic E-state index is 2.42. The Morgan fingerprint density at radius 1 is 0.762 bits per heavy atom. The molecule has 1 heteroatoms. The molecule has 0 aliphatic rings. The lowest BCUT2D eigenvalue weighted by Gasteiger charge is -2.14. The standard InChI is InChI=1S/C20H26Si/c1-2-3-4-5-6-13-18-21(19-14-9-7-10-15-19)20-16-11-8-12-17-20/h6-17,21H,2-5,18H2,1H3/b13-6+. The van der Waals surface area contributed by atoms with Gasteiger partial charge in [-0.15, -0.1) is 0 Å². The average molecular weight is 295 g/mol. The van der Waals surface area contributed by atoms with Gasteiger partial charge in [0.15, 0.2) is 0 Å². The molecule has 0 atom stereocenters. The van der Waals surface area contributed by atoms with Gasteiger partial charge in [0.2, 0.25) is 0 Å². The second-order valence-corrected chi connectivity index (χ2v) is 8.49. The number of allylic oxidation sites excluding steroid dienone is 2. The minimum absolute atomic E-state index is 1.10. The Balaban J connectivity index is 2.03. The Bertz CT molecular complexity index is 477. The summed E-state index contributed by atoms with van der Waals surface area (Å²) in [5.74, 6) is 0. The molecule has 0 aliphatic heterocycles. The molecular weight excluding hydrogens is 268 g/mol. The van der Waals surface area contributed by atoms with E-state index in [2.05, 4.69) is 79.7 Å². The van der Waals surface area contributed by atoms with Crippen molar-refractivity contribution < 1.29 is 0 Å². The molecule has 2 aromatic carbocycles. The van der Waals surface area contributed by atoms with E-state index in [9.17, 15) is 0 Å². The first-order chi connectivity index (χ1) is 10.4. The van der Waals surface area contributed by atoms with Crippen molar-refractivity contribution in [3.63, 3.8) is 0 Å². The van der Waals surface area contributed by atoms with Crippen LogP contribution in [-0.4, -0.2) is 8.80 Å². The van der Waals surface area contributed by atoms with Crippen LogP contribution in [0.2, 0.25) is 6.04 Å². The minimum Gasteiger partial charge on any atom is -0.0908 e. The predicted octanol–water partition coefficient (Wildman–Crippen LogP) is 4.16. The van der Waals surface area contributed by atoms with Gasteiger partial charge in [-0.25, -0.2) is 0 Å². The second-order valence-electron chi connectivity index (χ2n) is 5.58. The van der Waals surface area contributed by atoms with E-state index in [1.54, 1.807) is 10.4 Å². The van der Waals surface area contributed by atoms with E-state index in [1.807, 2.05) is 0 Å². The fourth-order valence-electron chi connectivity index (χ4n) is 2.70. The molecule has 0 aromatic heterocycles. The SMILES string of the molecule is CCCCC/C=C/C[SiH](c1ccccc1)c1ccccc1. The van der Waals surface area contributed by atoms with Gasteiger partial charge in [-0.2, -0.15) is 0 Å². The fourth-order valence-corrected chi connectivity index (χ4v) is 5.47. The minimum atomic E-state index is -1.10. The molecule has 21 heavy (non-hydrogen) atoms. The summed E-state index contributed by atoms with van der Waals surface area (Å²) in [5, 5.41) is 3.09. The molecule has 0 N–H and O–H groups in total. The zero-order valence-corrected chi connectivity index (χ0v) is 14.2. The number of unbranched alkanes of at least 4 members (excludes halogenated alkanes) is 3. The first kappa shape index (κ1) is 15.8. The molecule has 2 rings (SSSR count). The molecule has 0 bridgehead atoms. The Hall–Kier alpha value is -1.60. The highest BCUT2D eigenvalue weighted by molar-refractivity contribution is 6.85. The summed E-state index contributed by atoms with van der Waals surface area (Å²) in [6.07, 6.45) is 10.0. The van der Waals surface area contributed by atoms with Gasteiger partial charge >= 0.3 is 0 Å². The summed E-state index contributed by atoms with van der Waals surface area (Å²) >= 11 is 0. The Labute approximate surface area is 131 Å². The molecule has 0 saturated heterocycles. The molecule has 0 spiro atoms. The number of hydrogen-bond acceptors (Lipinski definition) is 0. The van der Waals surface area contributed by atoms with Crippen molar-refractivity contribution in [2.24, 2.45) is 0 Å². The second kappa shape index (κ2) is 9.35. The van der Waals surface area contributed by atoms with Crippen molar-refractivity contribution in [1.82, 2.24) is 0 Å². The van der Waals surface area contributed by atoms with Crippen molar-refractivity contribution in [3.8, 4) is 0 Å². The van der Waals surface area contributed by atoms with Crippen LogP contribution >= 0.6 is 0 Å². The summed E-state index contributed by atoms with van der Waals surface area (Å²) in [4.78, 5) is 0. The van der Waals surface area contributed by atoms with E-state index < -0.39 is 8.80 Å². The van der Waals surface area contributed by atoms with Gasteiger partial charge in [0, 0.05) is 0 Å². The Morgan fingerprint density at radius 3 is 1.86 bits per heavy atom. The highest BCUT2D eigenvalue weighted by atomic mass is 28.3. The van der Waals surface area contributed by atoms with Crippen LogP contribution < -0.4 is 10.4 Å². The smallest absolute Gasteiger partial charge is 0.0908 e. The summed E-state index contributed by atoms with van der Waals surface area (Å²) < 4.78 is 0. The zero-order chi connectivity index (χ0) is 14.8. The summed E-state index contributed by atoms with van der Waals surface area (Å²) in [6.45, 7) is 2.26. The van der Waals surface area contributed by atoms with Gasteiger partial charge in [0.25, 0.3) is 0 Å². The van der Waals surface area contributed by atoms with E-state index in [4.69, 9.17) is 0 Å². The maximum absolute atomic E-state index is 2.42. The van der Waals surface area contributed by atoms with Gasteiger partial charge in [-0.3, -0.25) is 0 Å². The van der Waals surface area contributed by atoms with Gasteiger partial charge < -0.3 is 0 Å². The summed E-state index contributed by atoms with van der Waals surface area (Å²) in [5.41, 5.74) is 0. The molecule has 0 amide bonds. The Kier molecular flexibility index (Phi) is 7.03. The molecule has 0 nitrogen and oxygen atoms in total. The third-order valence-electron chi connectivity index (χ3n) is 3.92. The third-order valence-corrected chi connectivity index (χ3v) is 7.04. The lowest BCUT2D eigenvalue weighted by atomic mass is 10.2. The van der Waals surface area contributed by atoms with E-state index in [-0.39, 0.29) is 0 Å². The lowest BCUT2D eigenvalue weighted by molar-refractivity contribution is 0.729. The van der Waals surface area contributed by atoms with Crippen molar-refractivity contribution in [2.45, 2.75) is 38.7 Å². The summed E-state index contributed by atoms with van der Waals surface area (Å²) in [6, 6.07) is 23.3. The number of hydrogen-bond donors (Lipinski definition) is 0. The topological polar surface area (TPSA) is 0 Å². The molecule has 0 radical (unpaired) electrons. The van der Waals surface area contributed by atoms with Crippen molar-refractivity contribution >= 4 is 19.2 Å². The summed E-state index contributed by atoms with van der Waals surface area (Å²) in [7, 11) is -1.10. The van der Waals surface area contributed by atoms with Crippen molar-refractivity contribution in [3.05, 3.63) is 72.8 Å². The van der Waals surface area contributed by atoms with Crippen LogP contribution in [-0.2, 0) is 0 Å². The first-order valence-electron chi connectivity index (χ1n) is 8.16. The van der Waals surface area contributed by atoms with E-state index in [1.165, 1.54) is 31.7 Å². The Morgan fingerprint density at radius 2 is 1.33 bits per heavy atom. The van der Waals surface area contributed by atoms with Gasteiger partial charge in [-0.05, 0) is 18.9 Å².